The van der Waals surface area contributed by atoms with Crippen LogP contribution >= 0.6 is 35.0 Å². The van der Waals surface area contributed by atoms with Gasteiger partial charge >= 0.3 is 0 Å². The van der Waals surface area contributed by atoms with Gasteiger partial charge in [0.1, 0.15) is 0 Å². The van der Waals surface area contributed by atoms with Gasteiger partial charge in [0.05, 0.1) is 28.7 Å². The molecule has 0 saturated carbocycles. The predicted molar refractivity (Wildman–Crippen MR) is 116 cm³/mol. The monoisotopic (exact) mass is 474 g/mol. The molecule has 0 bridgehead atoms. The Kier molecular flexibility index (Phi) is 7.84. The van der Waals surface area contributed by atoms with Crippen LogP contribution in [0.3, 0.4) is 0 Å². The summed E-state index contributed by atoms with van der Waals surface area (Å²) in [6.45, 7) is 1.68. The molecule has 29 heavy (non-hydrogen) atoms. The number of amides is 1. The van der Waals surface area contributed by atoms with Gasteiger partial charge < -0.3 is 10.1 Å². The molecule has 3 rings (SSSR count). The number of rotatable bonds is 7. The topological polar surface area (TPSA) is 75.7 Å². The zero-order valence-electron chi connectivity index (χ0n) is 15.4. The molecule has 1 fully saturated rings. The first-order valence-electron chi connectivity index (χ1n) is 8.92. The highest BCUT2D eigenvalue weighted by molar-refractivity contribution is 7.99. The van der Waals surface area contributed by atoms with Crippen LogP contribution in [-0.4, -0.2) is 57.2 Å². The van der Waals surface area contributed by atoms with Crippen molar-refractivity contribution in [3.8, 4) is 0 Å². The molecule has 156 valence electrons. The third kappa shape index (κ3) is 5.87. The lowest BCUT2D eigenvalue weighted by Gasteiger charge is -2.26. The number of ether oxygens (including phenoxy) is 1. The molecule has 0 atom stereocenters. The second-order valence-electron chi connectivity index (χ2n) is 6.22. The molecular weight excluding hydrogens is 455 g/mol. The molecule has 2 aromatic carbocycles. The fraction of sp³-hybridized carbons (Fsp3) is 0.316. The average molecular weight is 475 g/mol. The molecule has 0 unspecified atom stereocenters. The van der Waals surface area contributed by atoms with E-state index in [1.54, 1.807) is 11.8 Å². The smallest absolute Gasteiger partial charge is 0.252 e. The predicted octanol–water partition coefficient (Wildman–Crippen LogP) is 3.54. The van der Waals surface area contributed by atoms with Crippen molar-refractivity contribution >= 4 is 50.9 Å². The van der Waals surface area contributed by atoms with Gasteiger partial charge in [-0.25, -0.2) is 8.42 Å². The number of nitrogens with zero attached hydrogens (tertiary/aromatic N) is 1. The van der Waals surface area contributed by atoms with Crippen molar-refractivity contribution in [2.75, 3.05) is 38.6 Å². The van der Waals surface area contributed by atoms with Crippen LogP contribution in [0.2, 0.25) is 10.0 Å². The first-order chi connectivity index (χ1) is 13.9. The van der Waals surface area contributed by atoms with Gasteiger partial charge in [0.25, 0.3) is 5.91 Å². The average Bonchev–Trinajstić information content (AvgIpc) is 2.73. The molecule has 0 spiro atoms. The van der Waals surface area contributed by atoms with Crippen molar-refractivity contribution in [3.05, 3.63) is 58.1 Å². The van der Waals surface area contributed by atoms with Gasteiger partial charge in [0.15, 0.2) is 0 Å². The van der Waals surface area contributed by atoms with E-state index < -0.39 is 15.9 Å². The summed E-state index contributed by atoms with van der Waals surface area (Å²) in [5.41, 5.74) is 0.137. The first kappa shape index (κ1) is 22.4. The number of carbonyl (C=O) groups is 1. The zero-order chi connectivity index (χ0) is 20.9. The number of hydrogen-bond acceptors (Lipinski definition) is 5. The number of sulfonamides is 1. The highest BCUT2D eigenvalue weighted by atomic mass is 35.5. The lowest BCUT2D eigenvalue weighted by Crippen LogP contribution is -2.40. The van der Waals surface area contributed by atoms with E-state index in [1.165, 1.54) is 22.5 Å². The lowest BCUT2D eigenvalue weighted by molar-refractivity contribution is 0.0730. The Labute approximate surface area is 184 Å². The molecule has 1 heterocycles. The van der Waals surface area contributed by atoms with Crippen LogP contribution in [0.5, 0.6) is 0 Å². The van der Waals surface area contributed by atoms with Gasteiger partial charge in [-0.3, -0.25) is 4.79 Å². The molecule has 1 N–H and O–H groups in total. The molecule has 0 radical (unpaired) electrons. The Morgan fingerprint density at radius 3 is 2.48 bits per heavy atom. The highest BCUT2D eigenvalue weighted by Gasteiger charge is 2.27. The molecule has 1 aliphatic heterocycles. The fourth-order valence-electron chi connectivity index (χ4n) is 2.73. The summed E-state index contributed by atoms with van der Waals surface area (Å²) in [6, 6.07) is 11.6. The molecule has 2 aromatic rings. The van der Waals surface area contributed by atoms with E-state index in [0.29, 0.717) is 30.5 Å². The Bertz CT molecular complexity index is 963. The highest BCUT2D eigenvalue weighted by Crippen LogP contribution is 2.24. The van der Waals surface area contributed by atoms with Gasteiger partial charge in [-0.05, 0) is 42.5 Å². The van der Waals surface area contributed by atoms with Crippen LogP contribution < -0.4 is 5.32 Å². The van der Waals surface area contributed by atoms with Crippen LogP contribution in [0.4, 0.5) is 0 Å². The van der Waals surface area contributed by atoms with Gasteiger partial charge in [-0.2, -0.15) is 4.31 Å². The van der Waals surface area contributed by atoms with Gasteiger partial charge in [-0.1, -0.05) is 23.2 Å². The minimum absolute atomic E-state index is 0.0458. The largest absolute Gasteiger partial charge is 0.379 e. The number of morpholine rings is 1. The number of halogens is 2. The summed E-state index contributed by atoms with van der Waals surface area (Å²) in [7, 11) is -3.70. The van der Waals surface area contributed by atoms with E-state index in [2.05, 4.69) is 5.32 Å². The summed E-state index contributed by atoms with van der Waals surface area (Å²) in [6.07, 6.45) is 0. The second kappa shape index (κ2) is 10.1. The minimum atomic E-state index is -3.70. The van der Waals surface area contributed by atoms with E-state index in [0.717, 1.165) is 4.90 Å². The Hall–Kier alpha value is -1.29. The molecule has 0 aliphatic carbocycles. The first-order valence-corrected chi connectivity index (χ1v) is 12.1. The number of nitrogens with one attached hydrogen (secondary N) is 1. The minimum Gasteiger partial charge on any atom is -0.379 e. The molecule has 1 amide bonds. The third-order valence-corrected chi connectivity index (χ3v) is 7.75. The van der Waals surface area contributed by atoms with Crippen molar-refractivity contribution in [2.45, 2.75) is 9.79 Å². The lowest BCUT2D eigenvalue weighted by atomic mass is 10.2. The molecule has 1 aliphatic rings. The van der Waals surface area contributed by atoms with Crippen LogP contribution in [0.1, 0.15) is 10.4 Å². The maximum Gasteiger partial charge on any atom is 0.252 e. The fourth-order valence-corrected chi connectivity index (χ4v) is 5.27. The summed E-state index contributed by atoms with van der Waals surface area (Å²) in [4.78, 5) is 13.6. The summed E-state index contributed by atoms with van der Waals surface area (Å²) in [5.74, 6) is 0.238. The number of benzene rings is 2. The maximum absolute atomic E-state index is 12.8. The van der Waals surface area contributed by atoms with Crippen LogP contribution in [0.25, 0.3) is 0 Å². The second-order valence-corrected chi connectivity index (χ2v) is 10.2. The van der Waals surface area contributed by atoms with Crippen LogP contribution in [-0.2, 0) is 14.8 Å². The molecule has 0 aromatic heterocycles. The van der Waals surface area contributed by atoms with Gasteiger partial charge in [0.2, 0.25) is 10.0 Å². The third-order valence-electron chi connectivity index (χ3n) is 4.26. The number of hydrogen-bond donors (Lipinski definition) is 1. The summed E-state index contributed by atoms with van der Waals surface area (Å²) < 4.78 is 32.2. The quantitative estimate of drug-likeness (QED) is 0.490. The normalized spacial score (nSPS) is 15.2. The molecule has 6 nitrogen and oxygen atoms in total. The number of thioether (sulfide) groups is 1. The summed E-state index contributed by atoms with van der Waals surface area (Å²) >= 11 is 13.6. The Balaban J connectivity index is 1.62. The van der Waals surface area contributed by atoms with E-state index in [4.69, 9.17) is 27.9 Å². The van der Waals surface area contributed by atoms with E-state index in [-0.39, 0.29) is 28.6 Å². The van der Waals surface area contributed by atoms with Crippen LogP contribution in [0.15, 0.2) is 52.3 Å². The van der Waals surface area contributed by atoms with Crippen molar-refractivity contribution < 1.29 is 17.9 Å². The Morgan fingerprint density at radius 1 is 1.10 bits per heavy atom. The van der Waals surface area contributed by atoms with Gasteiger partial charge in [0, 0.05) is 35.3 Å². The standard InChI is InChI=1S/C19H20Cl2N2O4S2/c20-14-1-3-15(4-2-14)28-12-7-22-19(24)17-13-16(5-6-18(17)21)29(25,26)23-8-10-27-11-9-23/h1-6,13H,7-12H2,(H,22,24). The van der Waals surface area contributed by atoms with E-state index in [1.807, 2.05) is 24.3 Å². The molecule has 1 saturated heterocycles. The zero-order valence-corrected chi connectivity index (χ0v) is 18.6. The van der Waals surface area contributed by atoms with Crippen molar-refractivity contribution in [1.82, 2.24) is 9.62 Å². The van der Waals surface area contributed by atoms with E-state index in [9.17, 15) is 13.2 Å². The summed E-state index contributed by atoms with van der Waals surface area (Å²) in [5, 5.41) is 3.65. The molecular formula is C19H20Cl2N2O4S2. The van der Waals surface area contributed by atoms with Crippen molar-refractivity contribution in [3.63, 3.8) is 0 Å². The van der Waals surface area contributed by atoms with Crippen molar-refractivity contribution in [1.29, 1.82) is 0 Å². The Morgan fingerprint density at radius 2 is 1.79 bits per heavy atom. The number of carbonyl (C=O) groups excluding carboxylic acids is 1. The SMILES string of the molecule is O=C(NCCSc1ccc(Cl)cc1)c1cc(S(=O)(=O)N2CCOCC2)ccc1Cl. The van der Waals surface area contributed by atoms with Gasteiger partial charge in [-0.15, -0.1) is 11.8 Å². The van der Waals surface area contributed by atoms with Crippen molar-refractivity contribution in [2.24, 2.45) is 0 Å². The maximum atomic E-state index is 12.8. The van der Waals surface area contributed by atoms with E-state index >= 15 is 0 Å². The molecule has 10 heteroatoms. The van der Waals surface area contributed by atoms with Crippen LogP contribution in [0, 0.1) is 0 Å².